The molecule has 7 heteroatoms. The highest BCUT2D eigenvalue weighted by molar-refractivity contribution is 6.38. The molecule has 2 unspecified atom stereocenters. The Kier molecular flexibility index (Phi) is 2.10. The predicted octanol–water partition coefficient (Wildman–Crippen LogP) is 0.876. The molecule has 0 bridgehead atoms. The summed E-state index contributed by atoms with van der Waals surface area (Å²) in [5, 5.41) is 10.3. The van der Waals surface area contributed by atoms with Gasteiger partial charge in [-0.25, -0.2) is 9.98 Å². The largest absolute Gasteiger partial charge is 0.365 e. The van der Waals surface area contributed by atoms with Crippen molar-refractivity contribution in [3.8, 4) is 0 Å². The lowest BCUT2D eigenvalue weighted by Gasteiger charge is -2.17. The van der Waals surface area contributed by atoms with Crippen LogP contribution in [-0.2, 0) is 0 Å². The molecule has 1 aliphatic rings. The van der Waals surface area contributed by atoms with E-state index in [0.29, 0.717) is 0 Å². The molecule has 0 aromatic carbocycles. The summed E-state index contributed by atoms with van der Waals surface area (Å²) >= 11 is 10.9. The lowest BCUT2D eigenvalue weighted by molar-refractivity contribution is -0.519. The Morgan fingerprint density at radius 3 is 2.73 bits per heavy atom. The summed E-state index contributed by atoms with van der Waals surface area (Å²) in [6.07, 6.45) is 2.08. The molecular formula is C4H3Cl2N3O2. The van der Waals surface area contributed by atoms with Crippen molar-refractivity contribution in [3.05, 3.63) is 10.1 Å². The van der Waals surface area contributed by atoms with Crippen molar-refractivity contribution >= 4 is 35.8 Å². The molecule has 0 fully saturated rings. The van der Waals surface area contributed by atoms with Crippen LogP contribution in [0.4, 0.5) is 0 Å². The minimum absolute atomic E-state index is 0.730. The number of rotatable bonds is 1. The first-order chi connectivity index (χ1) is 5.07. The van der Waals surface area contributed by atoms with E-state index in [0.717, 1.165) is 12.6 Å². The molecule has 0 aliphatic carbocycles. The van der Waals surface area contributed by atoms with Crippen LogP contribution in [0, 0.1) is 10.1 Å². The zero-order chi connectivity index (χ0) is 8.48. The summed E-state index contributed by atoms with van der Waals surface area (Å²) in [7, 11) is 0. The van der Waals surface area contributed by atoms with Crippen molar-refractivity contribution in [3.63, 3.8) is 0 Å². The van der Waals surface area contributed by atoms with E-state index in [2.05, 4.69) is 9.98 Å². The van der Waals surface area contributed by atoms with Crippen LogP contribution in [0.3, 0.4) is 0 Å². The molecule has 0 amide bonds. The van der Waals surface area contributed by atoms with E-state index in [4.69, 9.17) is 23.2 Å². The van der Waals surface area contributed by atoms with Gasteiger partial charge in [-0.1, -0.05) is 11.6 Å². The zero-order valence-corrected chi connectivity index (χ0v) is 6.66. The Morgan fingerprint density at radius 2 is 2.36 bits per heavy atom. The Labute approximate surface area is 71.9 Å². The van der Waals surface area contributed by atoms with Crippen LogP contribution < -0.4 is 0 Å². The van der Waals surface area contributed by atoms with Gasteiger partial charge in [-0.3, -0.25) is 10.1 Å². The second-order valence-electron chi connectivity index (χ2n) is 1.86. The average molecular weight is 196 g/mol. The fraction of sp³-hybridized carbons (Fsp3) is 0.500. The lowest BCUT2D eigenvalue weighted by Crippen LogP contribution is -2.43. The predicted molar refractivity (Wildman–Crippen MR) is 42.2 cm³/mol. The highest BCUT2D eigenvalue weighted by atomic mass is 35.5. The smallest absolute Gasteiger partial charge is 0.262 e. The van der Waals surface area contributed by atoms with Gasteiger partial charge in [-0.2, -0.15) is 0 Å². The average Bonchev–Trinajstić information content (AvgIpc) is 1.95. The van der Waals surface area contributed by atoms with E-state index in [-0.39, 0.29) is 0 Å². The Morgan fingerprint density at radius 1 is 1.73 bits per heavy atom. The van der Waals surface area contributed by atoms with Crippen LogP contribution in [0.1, 0.15) is 0 Å². The van der Waals surface area contributed by atoms with Gasteiger partial charge >= 0.3 is 5.00 Å². The fourth-order valence-electron chi connectivity index (χ4n) is 0.535. The van der Waals surface area contributed by atoms with E-state index in [9.17, 15) is 10.1 Å². The Bertz CT molecular complexity index is 241. The minimum Gasteiger partial charge on any atom is -0.262 e. The van der Waals surface area contributed by atoms with Gasteiger partial charge in [0.1, 0.15) is 12.6 Å². The number of alkyl halides is 2. The molecular weight excluding hydrogens is 193 g/mol. The van der Waals surface area contributed by atoms with E-state index in [1.165, 1.54) is 0 Å². The maximum atomic E-state index is 10.3. The third-order valence-electron chi connectivity index (χ3n) is 1.13. The summed E-state index contributed by atoms with van der Waals surface area (Å²) in [6, 6.07) is 0. The van der Waals surface area contributed by atoms with Crippen LogP contribution in [0.5, 0.6) is 0 Å². The fourth-order valence-corrected chi connectivity index (χ4v) is 0.834. The van der Waals surface area contributed by atoms with E-state index >= 15 is 0 Å². The zero-order valence-electron chi connectivity index (χ0n) is 5.15. The second kappa shape index (κ2) is 2.75. The molecule has 0 N–H and O–H groups in total. The van der Waals surface area contributed by atoms with Gasteiger partial charge in [0.25, 0.3) is 0 Å². The minimum atomic E-state index is -1.89. The molecule has 11 heavy (non-hydrogen) atoms. The highest BCUT2D eigenvalue weighted by Crippen LogP contribution is 2.25. The maximum Gasteiger partial charge on any atom is 0.365 e. The summed E-state index contributed by atoms with van der Waals surface area (Å²) in [4.78, 5) is 14.6. The lowest BCUT2D eigenvalue weighted by atomic mass is 10.3. The van der Waals surface area contributed by atoms with Crippen LogP contribution in [0.15, 0.2) is 9.98 Å². The molecule has 1 heterocycles. The first-order valence-corrected chi connectivity index (χ1v) is 3.42. The van der Waals surface area contributed by atoms with Crippen molar-refractivity contribution < 1.29 is 4.92 Å². The molecule has 60 valence electrons. The Hall–Kier alpha value is -0.680. The number of hydrogen-bond donors (Lipinski definition) is 0. The van der Waals surface area contributed by atoms with Gasteiger partial charge in [0.05, 0.1) is 4.92 Å². The summed E-state index contributed by atoms with van der Waals surface area (Å²) in [5.74, 6) is 0. The molecule has 0 saturated heterocycles. The third kappa shape index (κ3) is 1.34. The monoisotopic (exact) mass is 195 g/mol. The SMILES string of the molecule is O=[N+]([O-])C1(Cl)C=NC=NC1Cl. The number of nitrogens with zero attached hydrogens (tertiary/aromatic N) is 3. The van der Waals surface area contributed by atoms with Crippen molar-refractivity contribution in [2.45, 2.75) is 10.5 Å². The van der Waals surface area contributed by atoms with Crippen molar-refractivity contribution in [1.82, 2.24) is 0 Å². The first kappa shape index (κ1) is 8.42. The molecule has 0 aromatic rings. The number of hydrogen-bond acceptors (Lipinski definition) is 4. The topological polar surface area (TPSA) is 67.9 Å². The normalized spacial score (nSPS) is 35.6. The van der Waals surface area contributed by atoms with Gasteiger partial charge < -0.3 is 0 Å². The molecule has 1 aliphatic heterocycles. The third-order valence-corrected chi connectivity index (χ3v) is 2.13. The maximum absolute atomic E-state index is 10.3. The summed E-state index contributed by atoms with van der Waals surface area (Å²) in [6.45, 7) is 0. The molecule has 5 nitrogen and oxygen atoms in total. The molecule has 0 saturated carbocycles. The molecule has 2 atom stereocenters. The quantitative estimate of drug-likeness (QED) is 0.270. The molecule has 0 aromatic heterocycles. The number of aliphatic imine (C=N–C) groups is 2. The van der Waals surface area contributed by atoms with Crippen LogP contribution in [-0.4, -0.2) is 28.0 Å². The second-order valence-corrected chi connectivity index (χ2v) is 2.88. The van der Waals surface area contributed by atoms with Crippen LogP contribution in [0.2, 0.25) is 0 Å². The summed E-state index contributed by atoms with van der Waals surface area (Å²) < 4.78 is 0. The van der Waals surface area contributed by atoms with E-state index < -0.39 is 15.4 Å². The highest BCUT2D eigenvalue weighted by Gasteiger charge is 2.48. The molecule has 0 radical (unpaired) electrons. The number of nitro groups is 1. The van der Waals surface area contributed by atoms with Gasteiger partial charge in [0, 0.05) is 0 Å². The Balaban J connectivity index is 2.94. The standard InChI is InChI=1S/C4H3Cl2N3O2/c5-3-4(6,9(10)11)1-7-2-8-3/h1-3H. The van der Waals surface area contributed by atoms with Crippen molar-refractivity contribution in [2.75, 3.05) is 0 Å². The van der Waals surface area contributed by atoms with Gasteiger partial charge in [-0.15, -0.1) is 0 Å². The van der Waals surface area contributed by atoms with Gasteiger partial charge in [0.2, 0.25) is 5.50 Å². The molecule has 0 spiro atoms. The first-order valence-electron chi connectivity index (χ1n) is 2.61. The van der Waals surface area contributed by atoms with Crippen LogP contribution >= 0.6 is 23.2 Å². The summed E-state index contributed by atoms with van der Waals surface area (Å²) in [5.41, 5.74) is -1.10. The van der Waals surface area contributed by atoms with Gasteiger partial charge in [0.15, 0.2) is 0 Å². The van der Waals surface area contributed by atoms with Crippen molar-refractivity contribution in [1.29, 1.82) is 0 Å². The van der Waals surface area contributed by atoms with E-state index in [1.54, 1.807) is 0 Å². The van der Waals surface area contributed by atoms with Crippen molar-refractivity contribution in [2.24, 2.45) is 9.98 Å². The number of halogens is 2. The van der Waals surface area contributed by atoms with Gasteiger partial charge in [-0.05, 0) is 11.6 Å². The van der Waals surface area contributed by atoms with Crippen LogP contribution in [0.25, 0.3) is 0 Å². The van der Waals surface area contributed by atoms with E-state index in [1.807, 2.05) is 0 Å². The molecule has 1 rings (SSSR count).